The average Bonchev–Trinajstić information content (AvgIpc) is 2.93. The Hall–Kier alpha value is -2.36. The second kappa shape index (κ2) is 4.32. The van der Waals surface area contributed by atoms with E-state index in [1.165, 1.54) is 0 Å². The summed E-state index contributed by atoms with van der Waals surface area (Å²) in [5, 5.41) is 26.0. The van der Waals surface area contributed by atoms with Crippen molar-refractivity contribution in [3.05, 3.63) is 46.1 Å². The maximum atomic E-state index is 12.6. The van der Waals surface area contributed by atoms with Crippen LogP contribution in [0.25, 0.3) is 0 Å². The minimum absolute atomic E-state index is 0.0363. The molecule has 0 amide bonds. The quantitative estimate of drug-likeness (QED) is 0.725. The van der Waals surface area contributed by atoms with Gasteiger partial charge in [-0.1, -0.05) is 17.2 Å². The molecule has 0 aliphatic carbocycles. The number of hydrogen-bond donors (Lipinski definition) is 1. The van der Waals surface area contributed by atoms with Crippen LogP contribution in [0.1, 0.15) is 33.3 Å². The van der Waals surface area contributed by atoms with Crippen molar-refractivity contribution >= 4 is 0 Å². The second-order valence-corrected chi connectivity index (χ2v) is 6.41. The number of fused-ring (bicyclic) bond motifs is 1. The van der Waals surface area contributed by atoms with Crippen LogP contribution >= 0.6 is 0 Å². The lowest BCUT2D eigenvalue weighted by atomic mass is 9.84. The molecule has 0 atom stereocenters. The standard InChI is InChI=1S/C16H17N4O2/c1-6-10-8-7-9-11-12(10)18-13(17-11)14-19(21)15(2,3)16(4,5)20(14)22/h1,7-9,21H,2-5H3/b14-13-. The largest absolute Gasteiger partial charge is 0.286 e. The van der Waals surface area contributed by atoms with E-state index in [1.807, 2.05) is 0 Å². The van der Waals surface area contributed by atoms with Gasteiger partial charge in [0.1, 0.15) is 5.36 Å². The molecule has 1 fully saturated rings. The van der Waals surface area contributed by atoms with Gasteiger partial charge in [0, 0.05) is 0 Å². The van der Waals surface area contributed by atoms with Crippen molar-refractivity contribution in [3.63, 3.8) is 0 Å². The predicted molar refractivity (Wildman–Crippen MR) is 78.0 cm³/mol. The minimum Gasteiger partial charge on any atom is -0.286 e. The highest BCUT2D eigenvalue weighted by molar-refractivity contribution is 5.34. The summed E-state index contributed by atoms with van der Waals surface area (Å²) in [6, 6.07) is 5.32. The predicted octanol–water partition coefficient (Wildman–Crippen LogP) is 0.957. The van der Waals surface area contributed by atoms with E-state index in [1.54, 1.807) is 45.9 Å². The van der Waals surface area contributed by atoms with Crippen molar-refractivity contribution in [1.29, 1.82) is 0 Å². The fourth-order valence-electron chi connectivity index (χ4n) is 2.51. The molecule has 0 saturated carbocycles. The van der Waals surface area contributed by atoms with Crippen molar-refractivity contribution in [2.24, 2.45) is 9.98 Å². The number of terminal acetylenes is 1. The zero-order valence-corrected chi connectivity index (χ0v) is 13.0. The van der Waals surface area contributed by atoms with Crippen molar-refractivity contribution in [2.45, 2.75) is 38.8 Å². The molecule has 2 aliphatic rings. The molecule has 1 N–H and O–H groups in total. The van der Waals surface area contributed by atoms with Crippen LogP contribution < -0.4 is 10.7 Å². The van der Waals surface area contributed by atoms with Crippen LogP contribution in [0.2, 0.25) is 0 Å². The number of para-hydroxylation sites is 1. The van der Waals surface area contributed by atoms with Gasteiger partial charge in [0.05, 0.1) is 22.0 Å². The first-order valence-corrected chi connectivity index (χ1v) is 6.95. The smallest absolute Gasteiger partial charge is 0.202 e. The Morgan fingerprint density at radius 3 is 2.41 bits per heavy atom. The summed E-state index contributed by atoms with van der Waals surface area (Å²) in [6.07, 6.45) is 5.46. The van der Waals surface area contributed by atoms with E-state index in [0.717, 1.165) is 10.1 Å². The number of benzene rings is 1. The zero-order valence-electron chi connectivity index (χ0n) is 13.0. The molecule has 2 heterocycles. The monoisotopic (exact) mass is 297 g/mol. The van der Waals surface area contributed by atoms with Gasteiger partial charge in [-0.15, -0.1) is 6.42 Å². The van der Waals surface area contributed by atoms with Gasteiger partial charge in [-0.3, -0.25) is 5.21 Å². The number of nitrogens with zero attached hydrogens (tertiary/aromatic N) is 4. The molecule has 22 heavy (non-hydrogen) atoms. The molecule has 1 aromatic carbocycles. The summed E-state index contributed by atoms with van der Waals surface area (Å²) in [5.74, 6) is 2.76. The molecule has 1 aromatic rings. The molecule has 1 radical (unpaired) electrons. The maximum absolute atomic E-state index is 12.6. The van der Waals surface area contributed by atoms with Crippen molar-refractivity contribution in [3.8, 4) is 12.3 Å². The fraction of sp³-hybridized carbons (Fsp3) is 0.375. The molecular weight excluding hydrogens is 280 g/mol. The van der Waals surface area contributed by atoms with Gasteiger partial charge < -0.3 is 0 Å². The van der Waals surface area contributed by atoms with Crippen LogP contribution in [-0.4, -0.2) is 26.4 Å². The van der Waals surface area contributed by atoms with Crippen molar-refractivity contribution in [2.75, 3.05) is 0 Å². The first-order chi connectivity index (χ1) is 10.2. The minimum atomic E-state index is -0.834. The summed E-state index contributed by atoms with van der Waals surface area (Å²) < 4.78 is 0. The lowest BCUT2D eigenvalue weighted by Crippen LogP contribution is -2.52. The second-order valence-electron chi connectivity index (χ2n) is 6.41. The van der Waals surface area contributed by atoms with Crippen LogP contribution in [0.5, 0.6) is 0 Å². The lowest BCUT2D eigenvalue weighted by Gasteiger charge is -2.36. The summed E-state index contributed by atoms with van der Waals surface area (Å²) in [6.45, 7) is 7.12. The summed E-state index contributed by atoms with van der Waals surface area (Å²) >= 11 is 0. The Morgan fingerprint density at radius 1 is 1.18 bits per heavy atom. The molecule has 6 nitrogen and oxygen atoms in total. The summed E-state index contributed by atoms with van der Waals surface area (Å²) in [5.41, 5.74) is -1.01. The van der Waals surface area contributed by atoms with E-state index in [0.29, 0.717) is 16.3 Å². The lowest BCUT2D eigenvalue weighted by molar-refractivity contribution is -0.182. The number of rotatable bonds is 0. The SMILES string of the molecule is C#Cc1cccc2c1=N/C(=C1\N([O])C(C)(C)C(C)(C)N1O)N=2. The topological polar surface area (TPSA) is 71.3 Å². The third-order valence-electron chi connectivity index (χ3n) is 4.74. The van der Waals surface area contributed by atoms with Crippen LogP contribution in [0, 0.1) is 12.3 Å². The molecule has 113 valence electrons. The molecule has 0 aromatic heterocycles. The highest BCUT2D eigenvalue weighted by atomic mass is 16.6. The molecule has 0 unspecified atom stereocenters. The van der Waals surface area contributed by atoms with E-state index in [4.69, 9.17) is 6.42 Å². The third-order valence-corrected chi connectivity index (χ3v) is 4.74. The Bertz CT molecular complexity index is 824. The first kappa shape index (κ1) is 14.6. The van der Waals surface area contributed by atoms with Crippen LogP contribution in [0.4, 0.5) is 0 Å². The summed E-state index contributed by atoms with van der Waals surface area (Å²) in [7, 11) is 0. The van der Waals surface area contributed by atoms with Crippen LogP contribution in [0.3, 0.4) is 0 Å². The van der Waals surface area contributed by atoms with E-state index in [9.17, 15) is 10.4 Å². The van der Waals surface area contributed by atoms with E-state index >= 15 is 0 Å². The maximum Gasteiger partial charge on any atom is 0.202 e. The molecule has 3 rings (SSSR count). The average molecular weight is 297 g/mol. The van der Waals surface area contributed by atoms with E-state index in [-0.39, 0.29) is 11.6 Å². The van der Waals surface area contributed by atoms with Gasteiger partial charge in [0.2, 0.25) is 5.82 Å². The molecule has 2 aliphatic heterocycles. The normalized spacial score (nSPS) is 24.6. The Kier molecular flexibility index (Phi) is 2.86. The Labute approximate surface area is 128 Å². The first-order valence-electron chi connectivity index (χ1n) is 6.95. The Balaban J connectivity index is 2.27. The highest BCUT2D eigenvalue weighted by Gasteiger charge is 2.57. The van der Waals surface area contributed by atoms with E-state index < -0.39 is 11.1 Å². The van der Waals surface area contributed by atoms with Crippen molar-refractivity contribution < 1.29 is 10.4 Å². The van der Waals surface area contributed by atoms with Gasteiger partial charge in [0.15, 0.2) is 5.82 Å². The van der Waals surface area contributed by atoms with Crippen LogP contribution in [-0.2, 0) is 5.21 Å². The molecular formula is C16H17N4O2. The fourth-order valence-corrected chi connectivity index (χ4v) is 2.51. The molecule has 0 spiro atoms. The number of hydrogen-bond acceptors (Lipinski definition) is 5. The van der Waals surface area contributed by atoms with Gasteiger partial charge in [-0.25, -0.2) is 15.0 Å². The van der Waals surface area contributed by atoms with E-state index in [2.05, 4.69) is 15.9 Å². The van der Waals surface area contributed by atoms with Crippen molar-refractivity contribution in [1.82, 2.24) is 10.1 Å². The van der Waals surface area contributed by atoms with Gasteiger partial charge in [0.25, 0.3) is 0 Å². The number of hydroxylamine groups is 4. The van der Waals surface area contributed by atoms with Gasteiger partial charge in [-0.2, -0.15) is 5.06 Å². The highest BCUT2D eigenvalue weighted by Crippen LogP contribution is 2.44. The van der Waals surface area contributed by atoms with Crippen LogP contribution in [0.15, 0.2) is 39.8 Å². The third kappa shape index (κ3) is 1.64. The zero-order chi connectivity index (χ0) is 16.3. The molecule has 6 heteroatoms. The molecule has 0 bridgehead atoms. The summed E-state index contributed by atoms with van der Waals surface area (Å²) in [4.78, 5) is 8.71. The Morgan fingerprint density at radius 2 is 1.86 bits per heavy atom. The van der Waals surface area contributed by atoms with Gasteiger partial charge >= 0.3 is 0 Å². The van der Waals surface area contributed by atoms with Gasteiger partial charge in [-0.05, 0) is 39.8 Å². The molecule has 1 saturated heterocycles.